The molecule has 2 rings (SSSR count). The summed E-state index contributed by atoms with van der Waals surface area (Å²) in [5, 5.41) is 6.49. The predicted octanol–water partition coefficient (Wildman–Crippen LogP) is 4.71. The van der Waals surface area contributed by atoms with Crippen LogP contribution < -0.4 is 10.6 Å². The first-order chi connectivity index (χ1) is 13.2. The molecule has 0 heterocycles. The minimum Gasteiger partial charge on any atom is -0.384 e. The highest BCUT2D eigenvalue weighted by Crippen LogP contribution is 2.29. The van der Waals surface area contributed by atoms with Crippen LogP contribution in [0, 0.1) is 0 Å². The van der Waals surface area contributed by atoms with Crippen molar-refractivity contribution in [2.75, 3.05) is 30.3 Å². The lowest BCUT2D eigenvalue weighted by atomic mass is 10.2. The lowest BCUT2D eigenvalue weighted by molar-refractivity contribution is 0.102. The molecule has 2 aromatic rings. The van der Waals surface area contributed by atoms with Crippen LogP contribution in [0.3, 0.4) is 0 Å². The Morgan fingerprint density at radius 1 is 1.00 bits per heavy atom. The van der Waals surface area contributed by atoms with Gasteiger partial charge in [0.25, 0.3) is 5.91 Å². The Kier molecular flexibility index (Phi) is 7.71. The van der Waals surface area contributed by atoms with Gasteiger partial charge in [-0.2, -0.15) is 4.31 Å². The van der Waals surface area contributed by atoms with E-state index in [1.54, 1.807) is 26.0 Å². The molecule has 0 fully saturated rings. The Morgan fingerprint density at radius 2 is 1.68 bits per heavy atom. The molecule has 9 heteroatoms. The average Bonchev–Trinajstić information content (AvgIpc) is 2.63. The number of sulfonamides is 1. The largest absolute Gasteiger partial charge is 0.384 e. The van der Waals surface area contributed by atoms with Gasteiger partial charge in [0.2, 0.25) is 10.0 Å². The van der Waals surface area contributed by atoms with Crippen LogP contribution >= 0.6 is 23.2 Å². The predicted molar refractivity (Wildman–Crippen MR) is 115 cm³/mol. The van der Waals surface area contributed by atoms with Gasteiger partial charge in [0, 0.05) is 24.7 Å². The quantitative estimate of drug-likeness (QED) is 0.618. The Hall–Kier alpha value is -1.80. The molecule has 0 unspecified atom stereocenters. The van der Waals surface area contributed by atoms with E-state index in [0.717, 1.165) is 0 Å². The lowest BCUT2D eigenvalue weighted by Crippen LogP contribution is -2.30. The molecule has 0 aliphatic carbocycles. The van der Waals surface area contributed by atoms with E-state index in [1.165, 1.54) is 28.6 Å². The maximum Gasteiger partial charge on any atom is 0.257 e. The zero-order valence-corrected chi connectivity index (χ0v) is 18.2. The fourth-order valence-electron chi connectivity index (χ4n) is 2.71. The zero-order chi connectivity index (χ0) is 20.9. The number of nitrogens with zero attached hydrogens (tertiary/aromatic N) is 1. The molecule has 0 aliphatic heterocycles. The van der Waals surface area contributed by atoms with E-state index in [1.807, 2.05) is 6.92 Å². The van der Waals surface area contributed by atoms with Gasteiger partial charge in [0.1, 0.15) is 0 Å². The van der Waals surface area contributed by atoms with Crippen LogP contribution in [-0.4, -0.2) is 38.3 Å². The second-order valence-corrected chi connectivity index (χ2v) is 8.69. The van der Waals surface area contributed by atoms with Crippen molar-refractivity contribution in [2.45, 2.75) is 25.7 Å². The summed E-state index contributed by atoms with van der Waals surface area (Å²) < 4.78 is 27.0. The first kappa shape index (κ1) is 22.5. The molecule has 2 aromatic carbocycles. The van der Waals surface area contributed by atoms with Crippen molar-refractivity contribution in [1.29, 1.82) is 0 Å². The van der Waals surface area contributed by atoms with Crippen molar-refractivity contribution in [3.05, 3.63) is 52.0 Å². The molecule has 2 N–H and O–H groups in total. The molecule has 0 saturated heterocycles. The number of rotatable bonds is 8. The Bertz CT molecular complexity index is 961. The number of carbonyl (C=O) groups excluding carboxylic acids is 1. The van der Waals surface area contributed by atoms with E-state index in [0.29, 0.717) is 36.0 Å². The van der Waals surface area contributed by atoms with Gasteiger partial charge < -0.3 is 10.6 Å². The van der Waals surface area contributed by atoms with Gasteiger partial charge in [0.15, 0.2) is 0 Å². The summed E-state index contributed by atoms with van der Waals surface area (Å²) in [5.74, 6) is -0.460. The van der Waals surface area contributed by atoms with E-state index in [-0.39, 0.29) is 15.5 Å². The van der Waals surface area contributed by atoms with E-state index >= 15 is 0 Å². The topological polar surface area (TPSA) is 78.5 Å². The van der Waals surface area contributed by atoms with Crippen molar-refractivity contribution >= 4 is 50.5 Å². The molecule has 1 amide bonds. The van der Waals surface area contributed by atoms with Gasteiger partial charge in [-0.05, 0) is 43.3 Å². The smallest absolute Gasteiger partial charge is 0.257 e. The summed E-state index contributed by atoms with van der Waals surface area (Å²) >= 11 is 12.0. The van der Waals surface area contributed by atoms with E-state index in [9.17, 15) is 13.2 Å². The molecule has 0 aliphatic rings. The first-order valence-electron chi connectivity index (χ1n) is 8.89. The van der Waals surface area contributed by atoms with Gasteiger partial charge in [0.05, 0.1) is 26.9 Å². The second kappa shape index (κ2) is 9.60. The molecule has 0 spiro atoms. The number of hydrogen-bond acceptors (Lipinski definition) is 4. The molecular formula is C19H23Cl2N3O3S. The Morgan fingerprint density at radius 3 is 2.25 bits per heavy atom. The molecule has 0 atom stereocenters. The van der Waals surface area contributed by atoms with Crippen LogP contribution in [-0.2, 0) is 10.0 Å². The number of halogens is 2. The van der Waals surface area contributed by atoms with Crippen LogP contribution in [0.25, 0.3) is 0 Å². The van der Waals surface area contributed by atoms with Gasteiger partial charge in [-0.3, -0.25) is 4.79 Å². The van der Waals surface area contributed by atoms with Crippen molar-refractivity contribution in [3.63, 3.8) is 0 Å². The molecule has 6 nitrogen and oxygen atoms in total. The molecule has 0 bridgehead atoms. The van der Waals surface area contributed by atoms with Gasteiger partial charge >= 0.3 is 0 Å². The normalized spacial score (nSPS) is 11.5. The second-order valence-electron chi connectivity index (χ2n) is 5.91. The van der Waals surface area contributed by atoms with Crippen molar-refractivity contribution in [3.8, 4) is 0 Å². The van der Waals surface area contributed by atoms with Crippen molar-refractivity contribution in [2.24, 2.45) is 0 Å². The third-order valence-electron chi connectivity index (χ3n) is 4.13. The summed E-state index contributed by atoms with van der Waals surface area (Å²) in [6, 6.07) is 9.17. The number of amides is 1. The maximum atomic E-state index is 12.8. The Labute approximate surface area is 175 Å². The van der Waals surface area contributed by atoms with Crippen molar-refractivity contribution in [1.82, 2.24) is 4.31 Å². The number of carbonyl (C=O) groups is 1. The molecule has 0 radical (unpaired) electrons. The molecule has 0 saturated carbocycles. The highest BCUT2D eigenvalue weighted by Gasteiger charge is 2.23. The van der Waals surface area contributed by atoms with Gasteiger partial charge in [-0.1, -0.05) is 37.0 Å². The third-order valence-corrected chi connectivity index (χ3v) is 6.72. The van der Waals surface area contributed by atoms with E-state index in [2.05, 4.69) is 10.6 Å². The molecule has 152 valence electrons. The van der Waals surface area contributed by atoms with Crippen LogP contribution in [0.15, 0.2) is 41.3 Å². The minimum absolute atomic E-state index is 0.107. The molecule has 0 aromatic heterocycles. The summed E-state index contributed by atoms with van der Waals surface area (Å²) in [6.45, 7) is 6.78. The molecule has 28 heavy (non-hydrogen) atoms. The lowest BCUT2D eigenvalue weighted by Gasteiger charge is -2.20. The fraction of sp³-hybridized carbons (Fsp3) is 0.316. The summed E-state index contributed by atoms with van der Waals surface area (Å²) in [7, 11) is -3.66. The standard InChI is InChI=1S/C19H23Cl2N3O3S/c1-4-22-17-10-8-14(28(26,27)24(5-2)6-3)12-18(17)23-19(25)15-9-7-13(20)11-16(15)21/h7-12,22H,4-6H2,1-3H3,(H,23,25). The van der Waals surface area contributed by atoms with Crippen molar-refractivity contribution < 1.29 is 13.2 Å². The average molecular weight is 444 g/mol. The highest BCUT2D eigenvalue weighted by atomic mass is 35.5. The number of nitrogens with one attached hydrogen (secondary N) is 2. The van der Waals surface area contributed by atoms with E-state index in [4.69, 9.17) is 23.2 Å². The van der Waals surface area contributed by atoms with Crippen LogP contribution in [0.4, 0.5) is 11.4 Å². The maximum absolute atomic E-state index is 12.8. The minimum atomic E-state index is -3.66. The fourth-order valence-corrected chi connectivity index (χ4v) is 4.69. The zero-order valence-electron chi connectivity index (χ0n) is 15.9. The summed E-state index contributed by atoms with van der Waals surface area (Å²) in [4.78, 5) is 12.8. The van der Waals surface area contributed by atoms with Crippen LogP contribution in [0.2, 0.25) is 10.0 Å². The van der Waals surface area contributed by atoms with Gasteiger partial charge in [-0.15, -0.1) is 0 Å². The monoisotopic (exact) mass is 443 g/mol. The van der Waals surface area contributed by atoms with E-state index < -0.39 is 15.9 Å². The highest BCUT2D eigenvalue weighted by molar-refractivity contribution is 7.89. The SMILES string of the molecule is CCNc1ccc(S(=O)(=O)N(CC)CC)cc1NC(=O)c1ccc(Cl)cc1Cl. The number of anilines is 2. The third kappa shape index (κ3) is 4.97. The van der Waals surface area contributed by atoms with Crippen LogP contribution in [0.1, 0.15) is 31.1 Å². The van der Waals surface area contributed by atoms with Gasteiger partial charge in [-0.25, -0.2) is 8.42 Å². The number of hydrogen-bond donors (Lipinski definition) is 2. The summed E-state index contributed by atoms with van der Waals surface area (Å²) in [6.07, 6.45) is 0. The Balaban J connectivity index is 2.45. The first-order valence-corrected chi connectivity index (χ1v) is 11.1. The van der Waals surface area contributed by atoms with Crippen LogP contribution in [0.5, 0.6) is 0 Å². The number of benzene rings is 2. The summed E-state index contributed by atoms with van der Waals surface area (Å²) in [5.41, 5.74) is 1.20. The molecular weight excluding hydrogens is 421 g/mol.